The number of ether oxygens (including phenoxy) is 5. The number of nitrogens with one attached hydrogen (secondary N) is 2. The number of thioether (sulfide) groups is 1. The second kappa shape index (κ2) is 22.2. The number of alkyl carbamates (subject to hydrolysis) is 1. The molecule has 8 unspecified atom stereocenters. The number of aliphatic hydroxyl groups is 1. The fourth-order valence-corrected chi connectivity index (χ4v) is 9.30. The molecule has 0 aliphatic carbocycles. The van der Waals surface area contributed by atoms with Gasteiger partial charge in [0.25, 0.3) is 11.8 Å². The standard InChI is InChI=1S/C46H62ClN5O13S/c1-26-14-13-15-34(62-8)46(60)24-33(63-44(59)49-46)27(2)41-45(4,65-41)35(23-39(56)51(6)31-21-29(20-26)22-32(61-7)40(31)47)64-43(58)28(3)50(5)42(57)30(25-66-9)48-36(53)16-11-10-12-19-52-37(54)17-18-38(52)55/h13-15,17-18,21-22,27-28,30,33-35,41,60H,10-12,16,19-20,23-25H2,1-9H3,(H,48,53)(H,49,59)/b15-13+,26-14+/t27?,28-,30?,33?,34?,35?,41?,45?,46?/m0/s1. The van der Waals surface area contributed by atoms with Gasteiger partial charge in [0.05, 0.1) is 25.3 Å². The molecule has 20 heteroatoms. The molecule has 0 radical (unpaired) electrons. The number of allylic oxidation sites excluding steroid dienone is 3. The van der Waals surface area contributed by atoms with Gasteiger partial charge in [0, 0.05) is 64.4 Å². The van der Waals surface area contributed by atoms with Crippen LogP contribution in [0.25, 0.3) is 0 Å². The summed E-state index contributed by atoms with van der Waals surface area (Å²) >= 11 is 8.14. The van der Waals surface area contributed by atoms with E-state index in [1.807, 2.05) is 13.0 Å². The van der Waals surface area contributed by atoms with Crippen LogP contribution in [0.1, 0.15) is 71.8 Å². The van der Waals surface area contributed by atoms with Gasteiger partial charge in [-0.2, -0.15) is 11.8 Å². The Morgan fingerprint density at radius 3 is 2.47 bits per heavy atom. The van der Waals surface area contributed by atoms with E-state index in [9.17, 15) is 38.7 Å². The Kier molecular flexibility index (Phi) is 17.5. The second-order valence-corrected chi connectivity index (χ2v) is 18.7. The zero-order valence-electron chi connectivity index (χ0n) is 38.9. The van der Waals surface area contributed by atoms with Crippen molar-refractivity contribution in [1.29, 1.82) is 0 Å². The van der Waals surface area contributed by atoms with Crippen LogP contribution in [0.2, 0.25) is 5.02 Å². The van der Waals surface area contributed by atoms with Crippen LogP contribution in [0.15, 0.2) is 48.1 Å². The minimum absolute atomic E-state index is 0.0980. The Labute approximate surface area is 394 Å². The first-order valence-corrected chi connectivity index (χ1v) is 23.6. The SMILES string of the molecule is COc1cc2cc(c1Cl)N(C)C(=O)CC(OC(=O)[C@H](C)N(C)C(=O)C(CSC)NC(=O)CCCCCN1C(=O)C=CC1=O)C1(C)OC1C(C)C1CC(O)(NC(=O)O1)C(OC)/C=C/C=C(\C)C2. The minimum Gasteiger partial charge on any atom is -0.495 e. The summed E-state index contributed by atoms with van der Waals surface area (Å²) in [5.41, 5.74) is -1.19. The summed E-state index contributed by atoms with van der Waals surface area (Å²) in [6, 6.07) is 1.35. The number of carbonyl (C=O) groups is 7. The molecule has 362 valence electrons. The highest BCUT2D eigenvalue weighted by atomic mass is 35.5. The van der Waals surface area contributed by atoms with E-state index in [4.69, 9.17) is 35.3 Å². The maximum absolute atomic E-state index is 14.4. The summed E-state index contributed by atoms with van der Waals surface area (Å²) in [6.07, 6.45) is 6.21. The number of imide groups is 1. The third kappa shape index (κ3) is 12.1. The highest BCUT2D eigenvalue weighted by molar-refractivity contribution is 7.98. The molecule has 4 aliphatic rings. The van der Waals surface area contributed by atoms with E-state index in [-0.39, 0.29) is 47.9 Å². The highest BCUT2D eigenvalue weighted by Crippen LogP contribution is 2.49. The summed E-state index contributed by atoms with van der Waals surface area (Å²) in [7, 11) is 5.84. The Balaban J connectivity index is 1.36. The van der Waals surface area contributed by atoms with Crippen molar-refractivity contribution < 1.29 is 62.4 Å². The average Bonchev–Trinajstić information content (AvgIpc) is 3.87. The van der Waals surface area contributed by atoms with E-state index in [0.29, 0.717) is 37.1 Å². The number of epoxide rings is 1. The van der Waals surface area contributed by atoms with Crippen LogP contribution in [0.5, 0.6) is 5.75 Å². The first-order chi connectivity index (χ1) is 31.2. The molecule has 3 N–H and O–H groups in total. The number of anilines is 1. The summed E-state index contributed by atoms with van der Waals surface area (Å²) in [5, 5.41) is 17.3. The molecule has 4 bridgehead atoms. The molecule has 0 aromatic heterocycles. The lowest BCUT2D eigenvalue weighted by Gasteiger charge is -2.42. The predicted octanol–water partition coefficient (Wildman–Crippen LogP) is 3.85. The highest BCUT2D eigenvalue weighted by Gasteiger charge is 2.64. The number of carbonyl (C=O) groups excluding carboxylic acids is 7. The topological polar surface area (TPSA) is 223 Å². The fraction of sp³-hybridized carbons (Fsp3) is 0.587. The molecule has 0 saturated carbocycles. The van der Waals surface area contributed by atoms with Crippen LogP contribution >= 0.6 is 23.4 Å². The van der Waals surface area contributed by atoms with E-state index in [2.05, 4.69) is 10.6 Å². The van der Waals surface area contributed by atoms with E-state index < -0.39 is 84.0 Å². The molecular weight excluding hydrogens is 898 g/mol. The number of hydrogen-bond acceptors (Lipinski definition) is 14. The van der Waals surface area contributed by atoms with Crippen molar-refractivity contribution in [2.24, 2.45) is 5.92 Å². The lowest BCUT2D eigenvalue weighted by molar-refractivity contribution is -0.162. The van der Waals surface area contributed by atoms with Gasteiger partial charge in [0.2, 0.25) is 17.7 Å². The monoisotopic (exact) mass is 959 g/mol. The van der Waals surface area contributed by atoms with Crippen molar-refractivity contribution in [3.63, 3.8) is 0 Å². The summed E-state index contributed by atoms with van der Waals surface area (Å²) in [4.78, 5) is 95.7. The van der Waals surface area contributed by atoms with Crippen LogP contribution in [-0.4, -0.2) is 151 Å². The van der Waals surface area contributed by atoms with Gasteiger partial charge >= 0.3 is 12.1 Å². The zero-order valence-corrected chi connectivity index (χ0v) is 40.5. The Morgan fingerprint density at radius 1 is 1.12 bits per heavy atom. The molecule has 2 fully saturated rings. The number of amides is 6. The van der Waals surface area contributed by atoms with Crippen molar-refractivity contribution in [3.8, 4) is 5.75 Å². The number of hydrogen-bond donors (Lipinski definition) is 3. The van der Waals surface area contributed by atoms with Crippen LogP contribution in [0.4, 0.5) is 10.5 Å². The lowest BCUT2D eigenvalue weighted by atomic mass is 9.83. The van der Waals surface area contributed by atoms with Crippen molar-refractivity contribution in [2.45, 2.75) is 120 Å². The third-order valence-electron chi connectivity index (χ3n) is 12.6. The fourth-order valence-electron chi connectivity index (χ4n) is 8.43. The van der Waals surface area contributed by atoms with Gasteiger partial charge in [-0.05, 0) is 64.0 Å². The minimum atomic E-state index is -1.88. The zero-order chi connectivity index (χ0) is 48.7. The molecule has 4 aliphatic heterocycles. The summed E-state index contributed by atoms with van der Waals surface area (Å²) in [6.45, 7) is 7.06. The van der Waals surface area contributed by atoms with Crippen molar-refractivity contribution in [3.05, 3.63) is 58.7 Å². The first kappa shape index (κ1) is 52.0. The Bertz CT molecular complexity index is 2120. The number of methoxy groups -OCH3 is 2. The molecule has 2 saturated heterocycles. The number of likely N-dealkylation sites (N-methyl/N-ethyl adjacent to an activating group) is 1. The molecule has 18 nitrogen and oxygen atoms in total. The smallest absolute Gasteiger partial charge is 0.409 e. The number of nitrogens with zero attached hydrogens (tertiary/aromatic N) is 3. The molecule has 1 aromatic carbocycles. The maximum Gasteiger partial charge on any atom is 0.409 e. The van der Waals surface area contributed by atoms with E-state index in [0.717, 1.165) is 16.0 Å². The van der Waals surface area contributed by atoms with Crippen molar-refractivity contribution in [2.75, 3.05) is 51.8 Å². The van der Waals surface area contributed by atoms with Gasteiger partial charge in [-0.25, -0.2) is 9.59 Å². The molecular formula is C46H62ClN5O13S. The van der Waals surface area contributed by atoms with Crippen molar-refractivity contribution >= 4 is 70.6 Å². The summed E-state index contributed by atoms with van der Waals surface area (Å²) in [5.74, 6) is -3.06. The van der Waals surface area contributed by atoms with Gasteiger partial charge in [0.1, 0.15) is 46.8 Å². The largest absolute Gasteiger partial charge is 0.495 e. The van der Waals surface area contributed by atoms with Crippen LogP contribution in [0.3, 0.4) is 0 Å². The maximum atomic E-state index is 14.4. The number of esters is 1. The molecule has 6 amide bonds. The first-order valence-electron chi connectivity index (χ1n) is 21.9. The van der Waals surface area contributed by atoms with Crippen LogP contribution in [-0.2, 0) is 54.1 Å². The van der Waals surface area contributed by atoms with Gasteiger partial charge in [-0.15, -0.1) is 0 Å². The Hall–Kier alpha value is -4.95. The number of halogens is 1. The van der Waals surface area contributed by atoms with Crippen LogP contribution in [0, 0.1) is 5.92 Å². The molecule has 9 atom stereocenters. The van der Waals surface area contributed by atoms with E-state index >= 15 is 0 Å². The normalized spacial score (nSPS) is 28.8. The Morgan fingerprint density at radius 2 is 1.82 bits per heavy atom. The second-order valence-electron chi connectivity index (χ2n) is 17.4. The summed E-state index contributed by atoms with van der Waals surface area (Å²) < 4.78 is 29.4. The number of unbranched alkanes of at least 4 members (excludes halogenated alkanes) is 2. The molecule has 5 rings (SSSR count). The van der Waals surface area contributed by atoms with E-state index in [1.54, 1.807) is 51.4 Å². The lowest BCUT2D eigenvalue weighted by Crippen LogP contribution is -2.63. The van der Waals surface area contributed by atoms with Gasteiger partial charge in [0.15, 0.2) is 5.72 Å². The molecule has 4 heterocycles. The molecule has 0 spiro atoms. The van der Waals surface area contributed by atoms with Gasteiger partial charge < -0.3 is 43.9 Å². The predicted molar refractivity (Wildman–Crippen MR) is 246 cm³/mol. The molecule has 66 heavy (non-hydrogen) atoms. The number of rotatable bonds is 15. The molecule has 1 aromatic rings. The average molecular weight is 961 g/mol. The van der Waals surface area contributed by atoms with Crippen molar-refractivity contribution in [1.82, 2.24) is 20.4 Å². The number of fused-ring (bicyclic) bond motifs is 5. The number of benzene rings is 1. The quantitative estimate of drug-likeness (QED) is 0.0984. The van der Waals surface area contributed by atoms with E-state index in [1.165, 1.54) is 61.9 Å². The third-order valence-corrected chi connectivity index (χ3v) is 13.7. The van der Waals surface area contributed by atoms with Gasteiger partial charge in [-0.1, -0.05) is 48.7 Å². The van der Waals surface area contributed by atoms with Crippen LogP contribution < -0.4 is 20.3 Å². The van der Waals surface area contributed by atoms with Gasteiger partial charge in [-0.3, -0.25) is 34.2 Å².